The van der Waals surface area contributed by atoms with Gasteiger partial charge in [-0.25, -0.2) is 0 Å². The summed E-state index contributed by atoms with van der Waals surface area (Å²) in [5, 5.41) is 0. The maximum absolute atomic E-state index is 14.9. The number of hydrogen-bond acceptors (Lipinski definition) is 1. The molecule has 0 bridgehead atoms. The molecule has 37 heavy (non-hydrogen) atoms. The highest BCUT2D eigenvalue weighted by Gasteiger charge is 2.82. The molecular weight excluding hydrogens is 532 g/mol. The highest BCUT2D eigenvalue weighted by molar-refractivity contribution is 5.48. The molecule has 0 radical (unpaired) electrons. The van der Waals surface area contributed by atoms with E-state index >= 15 is 0 Å². The second-order valence-corrected chi connectivity index (χ2v) is 7.94. The highest BCUT2D eigenvalue weighted by atomic mass is 19.4. The maximum Gasteiger partial charge on any atom is 0.455 e. The molecule has 1 nitrogen and oxygen atoms in total. The van der Waals surface area contributed by atoms with Crippen LogP contribution >= 0.6 is 0 Å². The van der Waals surface area contributed by atoms with Crippen molar-refractivity contribution >= 4 is 12.2 Å². The Labute approximate surface area is 203 Å². The number of ether oxygens (including phenoxy) is 1. The van der Waals surface area contributed by atoms with E-state index in [0.717, 1.165) is 48.5 Å². The molecule has 2 unspecified atom stereocenters. The monoisotopic (exact) mass is 550 g/mol. The zero-order valence-corrected chi connectivity index (χ0v) is 18.5. The molecule has 0 N–H and O–H groups in total. The predicted molar refractivity (Wildman–Crippen MR) is 111 cm³/mol. The van der Waals surface area contributed by atoms with E-state index < -0.39 is 59.9 Å². The van der Waals surface area contributed by atoms with Crippen LogP contribution < -0.4 is 0 Å². The van der Waals surface area contributed by atoms with E-state index in [1.54, 1.807) is 0 Å². The number of alkyl halides is 12. The summed E-state index contributed by atoms with van der Waals surface area (Å²) in [5.41, 5.74) is -0.940. The zero-order valence-electron chi connectivity index (χ0n) is 18.5. The molecule has 0 aliphatic heterocycles. The van der Waals surface area contributed by atoms with Crippen molar-refractivity contribution in [3.8, 4) is 0 Å². The van der Waals surface area contributed by atoms with Crippen LogP contribution in [-0.2, 0) is 17.6 Å². The van der Waals surface area contributed by atoms with Gasteiger partial charge in [0, 0.05) is 12.8 Å². The molecule has 0 aliphatic rings. The van der Waals surface area contributed by atoms with Crippen molar-refractivity contribution in [1.29, 1.82) is 0 Å². The van der Waals surface area contributed by atoms with Crippen LogP contribution in [0.15, 0.2) is 61.7 Å². The third kappa shape index (κ3) is 5.97. The fourth-order valence-electron chi connectivity index (χ4n) is 3.16. The van der Waals surface area contributed by atoms with Crippen LogP contribution in [0.1, 0.15) is 22.3 Å². The molecule has 2 aromatic rings. The van der Waals surface area contributed by atoms with Gasteiger partial charge in [0.05, 0.1) is 0 Å². The van der Waals surface area contributed by atoms with E-state index in [9.17, 15) is 52.7 Å². The molecule has 0 aromatic heterocycles. The minimum absolute atomic E-state index is 0.284. The fraction of sp³-hybridized carbons (Fsp3) is 0.333. The van der Waals surface area contributed by atoms with Crippen LogP contribution in [0.2, 0.25) is 0 Å². The Morgan fingerprint density at radius 2 is 0.784 bits per heavy atom. The van der Waals surface area contributed by atoms with Crippen LogP contribution in [0.3, 0.4) is 0 Å². The van der Waals surface area contributed by atoms with Gasteiger partial charge in [-0.15, -0.1) is 0 Å². The molecule has 0 fully saturated rings. The molecule has 2 rings (SSSR count). The molecule has 0 saturated heterocycles. The van der Waals surface area contributed by atoms with Crippen molar-refractivity contribution in [2.45, 2.75) is 48.7 Å². The van der Waals surface area contributed by atoms with Gasteiger partial charge < -0.3 is 0 Å². The third-order valence-corrected chi connectivity index (χ3v) is 5.23. The number of benzene rings is 2. The lowest BCUT2D eigenvalue weighted by Crippen LogP contribution is -2.68. The molecule has 2 atom stereocenters. The van der Waals surface area contributed by atoms with Crippen LogP contribution in [0.4, 0.5) is 52.7 Å². The van der Waals surface area contributed by atoms with Gasteiger partial charge in [0.25, 0.3) is 0 Å². The Balaban J connectivity index is 2.56. The van der Waals surface area contributed by atoms with Gasteiger partial charge in [-0.2, -0.15) is 52.7 Å². The molecule has 0 saturated carbocycles. The van der Waals surface area contributed by atoms with Crippen LogP contribution in [0.5, 0.6) is 0 Å². The average molecular weight is 550 g/mol. The number of rotatable bonds is 10. The van der Waals surface area contributed by atoms with Crippen LogP contribution in [-0.4, -0.2) is 35.9 Å². The van der Waals surface area contributed by atoms with E-state index in [2.05, 4.69) is 17.9 Å². The van der Waals surface area contributed by atoms with Gasteiger partial charge in [-0.05, 0) is 22.3 Å². The van der Waals surface area contributed by atoms with Gasteiger partial charge in [0.1, 0.15) is 0 Å². The largest absolute Gasteiger partial charge is 0.455 e. The highest BCUT2D eigenvalue weighted by Crippen LogP contribution is 2.56. The molecule has 0 aliphatic carbocycles. The van der Waals surface area contributed by atoms with Gasteiger partial charge >= 0.3 is 35.9 Å². The van der Waals surface area contributed by atoms with Crippen LogP contribution in [0, 0.1) is 0 Å². The lowest BCUT2D eigenvalue weighted by molar-refractivity contribution is -0.499. The Hall–Kier alpha value is -2.96. The van der Waals surface area contributed by atoms with Gasteiger partial charge in [0.15, 0.2) is 0 Å². The Kier molecular flexibility index (Phi) is 8.24. The molecular formula is C24H18F12O. The fourth-order valence-corrected chi connectivity index (χ4v) is 3.16. The SMILES string of the molecule is C=Cc1ccc(CC(F)(F)C(F)(OC(F)(C(F)(F)F)C(F)(F)Cc2ccc(C=C)cc2)C(F)(F)F)cc1. The molecule has 0 spiro atoms. The Morgan fingerprint density at radius 3 is 1.00 bits per heavy atom. The minimum Gasteiger partial charge on any atom is -0.284 e. The van der Waals surface area contributed by atoms with Crippen molar-refractivity contribution in [2.75, 3.05) is 0 Å². The lowest BCUT2D eigenvalue weighted by Gasteiger charge is -2.42. The topological polar surface area (TPSA) is 9.23 Å². The van der Waals surface area contributed by atoms with E-state index in [1.807, 2.05) is 0 Å². The zero-order chi connectivity index (χ0) is 28.5. The van der Waals surface area contributed by atoms with E-state index in [4.69, 9.17) is 0 Å². The lowest BCUT2D eigenvalue weighted by atomic mass is 9.96. The predicted octanol–water partition coefficient (Wildman–Crippen LogP) is 8.50. The quantitative estimate of drug-likeness (QED) is 0.270. The summed E-state index contributed by atoms with van der Waals surface area (Å²) in [5.74, 6) is -25.6. The normalized spacial score (nSPS) is 16.5. The first-order chi connectivity index (χ1) is 16.7. The van der Waals surface area contributed by atoms with Crippen molar-refractivity contribution in [1.82, 2.24) is 0 Å². The number of hydrogen-bond donors (Lipinski definition) is 0. The molecule has 0 amide bonds. The van der Waals surface area contributed by atoms with Crippen molar-refractivity contribution in [2.24, 2.45) is 0 Å². The third-order valence-electron chi connectivity index (χ3n) is 5.23. The standard InChI is InChI=1S/C24H18F12O/c1-3-15-5-9-17(10-6-15)13-19(25,26)21(29,23(31,32)33)37-22(30,24(34,35)36)20(27,28)14-18-11-7-16(4-2)8-12-18/h3-12H,1-2,13-14H2. The van der Waals surface area contributed by atoms with Crippen molar-refractivity contribution in [3.63, 3.8) is 0 Å². The van der Waals surface area contributed by atoms with E-state index in [0.29, 0.717) is 0 Å². The summed E-state index contributed by atoms with van der Waals surface area (Å²) in [6, 6.07) is 7.24. The van der Waals surface area contributed by atoms with Crippen LogP contribution in [0.25, 0.3) is 12.2 Å². The van der Waals surface area contributed by atoms with Gasteiger partial charge in [-0.1, -0.05) is 73.8 Å². The summed E-state index contributed by atoms with van der Waals surface area (Å²) in [6.07, 6.45) is -16.3. The Bertz CT molecular complexity index is 999. The van der Waals surface area contributed by atoms with E-state index in [-0.39, 0.29) is 11.1 Å². The molecule has 204 valence electrons. The summed E-state index contributed by atoms with van der Waals surface area (Å²) >= 11 is 0. The number of halogens is 12. The smallest absolute Gasteiger partial charge is 0.284 e. The Morgan fingerprint density at radius 1 is 0.514 bits per heavy atom. The molecule has 2 aromatic carbocycles. The van der Waals surface area contributed by atoms with E-state index in [1.165, 1.54) is 12.2 Å². The molecule has 13 heteroatoms. The first-order valence-electron chi connectivity index (χ1n) is 10.1. The van der Waals surface area contributed by atoms with Gasteiger partial charge in [-0.3, -0.25) is 4.74 Å². The first-order valence-corrected chi connectivity index (χ1v) is 10.1. The summed E-state index contributed by atoms with van der Waals surface area (Å²) in [6.45, 7) is 6.66. The second kappa shape index (κ2) is 10.1. The summed E-state index contributed by atoms with van der Waals surface area (Å²) < 4.78 is 172. The summed E-state index contributed by atoms with van der Waals surface area (Å²) in [4.78, 5) is 0. The minimum atomic E-state index is -7.08. The average Bonchev–Trinajstić information content (AvgIpc) is 2.77. The maximum atomic E-state index is 14.9. The molecule has 0 heterocycles. The second-order valence-electron chi connectivity index (χ2n) is 7.94. The van der Waals surface area contributed by atoms with Crippen molar-refractivity contribution < 1.29 is 57.4 Å². The summed E-state index contributed by atoms with van der Waals surface area (Å²) in [7, 11) is 0. The first kappa shape index (κ1) is 30.3. The van der Waals surface area contributed by atoms with Gasteiger partial charge in [0.2, 0.25) is 0 Å². The van der Waals surface area contributed by atoms with Crippen molar-refractivity contribution in [3.05, 3.63) is 83.9 Å².